The highest BCUT2D eigenvalue weighted by atomic mass is 16.5. The van der Waals surface area contributed by atoms with Crippen LogP contribution in [0.3, 0.4) is 0 Å². The molecule has 0 saturated heterocycles. The molecule has 3 rings (SSSR count). The van der Waals surface area contributed by atoms with Crippen molar-refractivity contribution in [2.45, 2.75) is 32.5 Å². The van der Waals surface area contributed by atoms with Crippen molar-refractivity contribution in [1.82, 2.24) is 10.1 Å². The van der Waals surface area contributed by atoms with Crippen LogP contribution in [-0.4, -0.2) is 27.3 Å². The third-order valence-electron chi connectivity index (χ3n) is 3.17. The molecule has 1 aromatic carbocycles. The fourth-order valence-electron chi connectivity index (χ4n) is 2.08. The molecule has 2 aromatic rings. The first-order valence-corrected chi connectivity index (χ1v) is 6.62. The molecule has 7 nitrogen and oxygen atoms in total. The van der Waals surface area contributed by atoms with Gasteiger partial charge in [0, 0.05) is 18.9 Å². The van der Waals surface area contributed by atoms with Crippen molar-refractivity contribution in [1.29, 1.82) is 0 Å². The molecule has 0 saturated carbocycles. The first-order valence-electron chi connectivity index (χ1n) is 6.62. The van der Waals surface area contributed by atoms with Crippen LogP contribution < -0.4 is 9.47 Å². The van der Waals surface area contributed by atoms with E-state index in [4.69, 9.17) is 19.1 Å². The molecule has 1 aliphatic rings. The van der Waals surface area contributed by atoms with E-state index in [-0.39, 0.29) is 6.61 Å². The van der Waals surface area contributed by atoms with E-state index in [2.05, 4.69) is 10.1 Å². The summed E-state index contributed by atoms with van der Waals surface area (Å²) in [5.41, 5.74) is 0.864. The van der Waals surface area contributed by atoms with Crippen molar-refractivity contribution in [3.63, 3.8) is 0 Å². The van der Waals surface area contributed by atoms with E-state index in [9.17, 15) is 4.79 Å². The molecule has 21 heavy (non-hydrogen) atoms. The minimum Gasteiger partial charge on any atom is -0.485 e. The van der Waals surface area contributed by atoms with E-state index in [0.717, 1.165) is 5.56 Å². The topological polar surface area (TPSA) is 94.7 Å². The average Bonchev–Trinajstić information content (AvgIpc) is 3.11. The van der Waals surface area contributed by atoms with Crippen LogP contribution in [0.15, 0.2) is 22.7 Å². The normalized spacial score (nSPS) is 16.3. The van der Waals surface area contributed by atoms with E-state index >= 15 is 0 Å². The number of hydrogen-bond acceptors (Lipinski definition) is 6. The summed E-state index contributed by atoms with van der Waals surface area (Å²) < 4.78 is 15.9. The lowest BCUT2D eigenvalue weighted by molar-refractivity contribution is -0.144. The lowest BCUT2D eigenvalue weighted by Crippen LogP contribution is -2.24. The van der Waals surface area contributed by atoms with Crippen LogP contribution in [0, 0.1) is 0 Å². The molecule has 1 N–H and O–H groups in total. The van der Waals surface area contributed by atoms with E-state index in [1.54, 1.807) is 18.2 Å². The predicted molar refractivity (Wildman–Crippen MR) is 70.2 cm³/mol. The van der Waals surface area contributed by atoms with Crippen molar-refractivity contribution in [3.05, 3.63) is 35.5 Å². The highest BCUT2D eigenvalue weighted by Gasteiger charge is 2.28. The van der Waals surface area contributed by atoms with Gasteiger partial charge in [-0.1, -0.05) is 18.1 Å². The Labute approximate surface area is 120 Å². The quantitative estimate of drug-likeness (QED) is 0.893. The van der Waals surface area contributed by atoms with Gasteiger partial charge < -0.3 is 19.1 Å². The number of aliphatic carboxylic acids is 1. The number of benzene rings is 1. The SMILES string of the molecule is CCc1nc(COc2ccc3c(c2)OC(C(=O)O)C3)no1. The molecule has 0 bridgehead atoms. The number of rotatable bonds is 5. The van der Waals surface area contributed by atoms with Crippen LogP contribution in [0.1, 0.15) is 24.2 Å². The molecule has 1 unspecified atom stereocenters. The second-order valence-electron chi connectivity index (χ2n) is 4.66. The molecular formula is C14H14N2O5. The Bertz CT molecular complexity index is 667. The molecule has 0 radical (unpaired) electrons. The lowest BCUT2D eigenvalue weighted by atomic mass is 10.1. The van der Waals surface area contributed by atoms with Gasteiger partial charge in [-0.25, -0.2) is 4.79 Å². The first-order chi connectivity index (χ1) is 10.2. The number of aromatic nitrogens is 2. The van der Waals surface area contributed by atoms with Gasteiger partial charge >= 0.3 is 5.97 Å². The minimum atomic E-state index is -0.965. The van der Waals surface area contributed by atoms with Crippen molar-refractivity contribution in [3.8, 4) is 11.5 Å². The van der Waals surface area contributed by atoms with Crippen LogP contribution in [0.25, 0.3) is 0 Å². The zero-order chi connectivity index (χ0) is 14.8. The zero-order valence-electron chi connectivity index (χ0n) is 11.4. The van der Waals surface area contributed by atoms with Crippen LogP contribution in [0.2, 0.25) is 0 Å². The highest BCUT2D eigenvalue weighted by Crippen LogP contribution is 2.32. The maximum Gasteiger partial charge on any atom is 0.345 e. The molecule has 110 valence electrons. The molecule has 1 atom stereocenters. The van der Waals surface area contributed by atoms with E-state index < -0.39 is 12.1 Å². The molecule has 7 heteroatoms. The van der Waals surface area contributed by atoms with Gasteiger partial charge in [0.15, 0.2) is 12.7 Å². The van der Waals surface area contributed by atoms with Gasteiger partial charge in [0.25, 0.3) is 0 Å². The van der Waals surface area contributed by atoms with Gasteiger partial charge in [-0.05, 0) is 11.6 Å². The van der Waals surface area contributed by atoms with Gasteiger partial charge in [-0.2, -0.15) is 4.98 Å². The Morgan fingerprint density at radius 1 is 1.52 bits per heavy atom. The summed E-state index contributed by atoms with van der Waals surface area (Å²) >= 11 is 0. The number of carboxylic acid groups (broad SMARTS) is 1. The summed E-state index contributed by atoms with van der Waals surface area (Å²) in [5.74, 6) is 1.18. The second kappa shape index (κ2) is 5.43. The fraction of sp³-hybridized carbons (Fsp3) is 0.357. The van der Waals surface area contributed by atoms with E-state index in [1.165, 1.54) is 0 Å². The maximum absolute atomic E-state index is 10.9. The second-order valence-corrected chi connectivity index (χ2v) is 4.66. The third kappa shape index (κ3) is 2.81. The van der Waals surface area contributed by atoms with Gasteiger partial charge in [0.2, 0.25) is 11.7 Å². The summed E-state index contributed by atoms with van der Waals surface area (Å²) in [6, 6.07) is 5.26. The monoisotopic (exact) mass is 290 g/mol. The Morgan fingerprint density at radius 2 is 2.38 bits per heavy atom. The molecule has 0 aliphatic carbocycles. The van der Waals surface area contributed by atoms with Gasteiger partial charge in [-0.3, -0.25) is 0 Å². The molecular weight excluding hydrogens is 276 g/mol. The molecule has 1 aliphatic heterocycles. The van der Waals surface area contributed by atoms with Gasteiger partial charge in [0.05, 0.1) is 0 Å². The summed E-state index contributed by atoms with van der Waals surface area (Å²) in [6.07, 6.45) is 0.228. The Morgan fingerprint density at radius 3 is 3.10 bits per heavy atom. The number of carbonyl (C=O) groups is 1. The summed E-state index contributed by atoms with van der Waals surface area (Å²) in [7, 11) is 0. The van der Waals surface area contributed by atoms with Crippen molar-refractivity contribution in [2.75, 3.05) is 0 Å². The third-order valence-corrected chi connectivity index (χ3v) is 3.17. The fourth-order valence-corrected chi connectivity index (χ4v) is 2.08. The molecule has 0 fully saturated rings. The standard InChI is InChI=1S/C14H14N2O5/c1-2-13-15-12(16-21-13)7-19-9-4-3-8-5-11(14(17)18)20-10(8)6-9/h3-4,6,11H,2,5,7H2,1H3,(H,17,18). The van der Waals surface area contributed by atoms with Crippen LogP contribution in [-0.2, 0) is 24.2 Å². The molecule has 1 aromatic heterocycles. The lowest BCUT2D eigenvalue weighted by Gasteiger charge is -2.06. The molecule has 2 heterocycles. The minimum absolute atomic E-state index is 0.185. The highest BCUT2D eigenvalue weighted by molar-refractivity contribution is 5.74. The van der Waals surface area contributed by atoms with Gasteiger partial charge in [0.1, 0.15) is 11.5 Å². The van der Waals surface area contributed by atoms with E-state index in [0.29, 0.717) is 36.1 Å². The van der Waals surface area contributed by atoms with Gasteiger partial charge in [-0.15, -0.1) is 0 Å². The number of aryl methyl sites for hydroxylation is 1. The number of nitrogens with zero attached hydrogens (tertiary/aromatic N) is 2. The van der Waals surface area contributed by atoms with Crippen molar-refractivity contribution < 1.29 is 23.9 Å². The predicted octanol–water partition coefficient (Wildman–Crippen LogP) is 1.60. The van der Waals surface area contributed by atoms with Crippen LogP contribution >= 0.6 is 0 Å². The largest absolute Gasteiger partial charge is 0.485 e. The maximum atomic E-state index is 10.9. The molecule has 0 amide bonds. The van der Waals surface area contributed by atoms with Crippen molar-refractivity contribution in [2.24, 2.45) is 0 Å². The summed E-state index contributed by atoms with van der Waals surface area (Å²) in [5, 5.41) is 12.7. The Balaban J connectivity index is 1.65. The van der Waals surface area contributed by atoms with Crippen LogP contribution in [0.4, 0.5) is 0 Å². The Hall–Kier alpha value is -2.57. The number of carboxylic acids is 1. The number of hydrogen-bond donors (Lipinski definition) is 1. The zero-order valence-corrected chi connectivity index (χ0v) is 11.4. The van der Waals surface area contributed by atoms with E-state index in [1.807, 2.05) is 6.92 Å². The van der Waals surface area contributed by atoms with Crippen molar-refractivity contribution >= 4 is 5.97 Å². The number of fused-ring (bicyclic) bond motifs is 1. The smallest absolute Gasteiger partial charge is 0.345 e. The summed E-state index contributed by atoms with van der Waals surface area (Å²) in [4.78, 5) is 15.1. The Kier molecular flexibility index (Phi) is 3.47. The number of ether oxygens (including phenoxy) is 2. The van der Waals surface area contributed by atoms with Crippen LogP contribution in [0.5, 0.6) is 11.5 Å². The summed E-state index contributed by atoms with van der Waals surface area (Å²) in [6.45, 7) is 2.11. The first kappa shape index (κ1) is 13.4. The average molecular weight is 290 g/mol. The molecule has 0 spiro atoms.